The van der Waals surface area contributed by atoms with Gasteiger partial charge in [0, 0.05) is 12.2 Å². The number of aryl methyl sites for hydroxylation is 1. The SMILES string of the molecule is C=C(C)CNc1cc(Br)c(F)cc1C. The van der Waals surface area contributed by atoms with Gasteiger partial charge < -0.3 is 5.32 Å². The van der Waals surface area contributed by atoms with Crippen LogP contribution in [-0.2, 0) is 0 Å². The number of benzene rings is 1. The maximum Gasteiger partial charge on any atom is 0.137 e. The van der Waals surface area contributed by atoms with Crippen LogP contribution in [-0.4, -0.2) is 6.54 Å². The Kier molecular flexibility index (Phi) is 3.69. The minimum atomic E-state index is -0.233. The topological polar surface area (TPSA) is 12.0 Å². The van der Waals surface area contributed by atoms with Crippen LogP contribution in [0, 0.1) is 12.7 Å². The van der Waals surface area contributed by atoms with Crippen LogP contribution in [0.1, 0.15) is 12.5 Å². The summed E-state index contributed by atoms with van der Waals surface area (Å²) in [6.07, 6.45) is 0. The van der Waals surface area contributed by atoms with Crippen molar-refractivity contribution < 1.29 is 4.39 Å². The van der Waals surface area contributed by atoms with E-state index in [2.05, 4.69) is 27.8 Å². The zero-order chi connectivity index (χ0) is 10.7. The first-order valence-corrected chi connectivity index (χ1v) is 5.14. The number of hydrogen-bond acceptors (Lipinski definition) is 1. The van der Waals surface area contributed by atoms with Gasteiger partial charge in [0.15, 0.2) is 0 Å². The first kappa shape index (κ1) is 11.2. The molecule has 0 amide bonds. The summed E-state index contributed by atoms with van der Waals surface area (Å²) < 4.78 is 13.5. The molecule has 0 unspecified atom stereocenters. The monoisotopic (exact) mass is 257 g/mol. The normalized spacial score (nSPS) is 10.0. The molecule has 0 aliphatic heterocycles. The Labute approximate surface area is 92.1 Å². The van der Waals surface area contributed by atoms with Crippen molar-refractivity contribution in [2.45, 2.75) is 13.8 Å². The van der Waals surface area contributed by atoms with E-state index in [1.165, 1.54) is 6.07 Å². The Balaban J connectivity index is 2.87. The molecule has 3 heteroatoms. The molecule has 0 aliphatic carbocycles. The lowest BCUT2D eigenvalue weighted by atomic mass is 10.2. The summed E-state index contributed by atoms with van der Waals surface area (Å²) in [6, 6.07) is 3.25. The van der Waals surface area contributed by atoms with Crippen molar-refractivity contribution in [3.8, 4) is 0 Å². The largest absolute Gasteiger partial charge is 0.381 e. The molecule has 0 aliphatic rings. The van der Waals surface area contributed by atoms with Crippen molar-refractivity contribution >= 4 is 21.6 Å². The number of rotatable bonds is 3. The van der Waals surface area contributed by atoms with Gasteiger partial charge >= 0.3 is 0 Å². The predicted octanol–water partition coefficient (Wildman–Crippen LogP) is 3.88. The molecule has 14 heavy (non-hydrogen) atoms. The molecule has 1 nitrogen and oxygen atoms in total. The second-order valence-corrected chi connectivity index (χ2v) is 4.25. The molecule has 0 heterocycles. The molecular formula is C11H13BrFN. The average molecular weight is 258 g/mol. The highest BCUT2D eigenvalue weighted by Crippen LogP contribution is 2.24. The van der Waals surface area contributed by atoms with Gasteiger partial charge in [-0.2, -0.15) is 0 Å². The Morgan fingerprint density at radius 2 is 2.21 bits per heavy atom. The Bertz CT molecular complexity index is 361. The number of hydrogen-bond donors (Lipinski definition) is 1. The predicted molar refractivity (Wildman–Crippen MR) is 62.1 cm³/mol. The highest BCUT2D eigenvalue weighted by atomic mass is 79.9. The fraction of sp³-hybridized carbons (Fsp3) is 0.273. The third-order valence-electron chi connectivity index (χ3n) is 1.85. The third kappa shape index (κ3) is 2.84. The second-order valence-electron chi connectivity index (χ2n) is 3.39. The highest BCUT2D eigenvalue weighted by Gasteiger charge is 2.04. The standard InChI is InChI=1S/C11H13BrFN/c1-7(2)6-14-11-5-9(12)10(13)4-8(11)3/h4-5,14H,1,6H2,2-3H3. The van der Waals surface area contributed by atoms with E-state index in [4.69, 9.17) is 0 Å². The second kappa shape index (κ2) is 4.60. The zero-order valence-corrected chi connectivity index (χ0v) is 9.91. The molecule has 0 saturated carbocycles. The first-order valence-electron chi connectivity index (χ1n) is 4.34. The molecule has 1 aromatic carbocycles. The van der Waals surface area contributed by atoms with E-state index >= 15 is 0 Å². The van der Waals surface area contributed by atoms with Crippen molar-refractivity contribution in [3.63, 3.8) is 0 Å². The van der Waals surface area contributed by atoms with Crippen molar-refractivity contribution in [3.05, 3.63) is 40.1 Å². The Morgan fingerprint density at radius 1 is 1.57 bits per heavy atom. The van der Waals surface area contributed by atoms with E-state index in [0.717, 1.165) is 16.8 Å². The molecule has 1 rings (SSSR count). The molecule has 1 N–H and O–H groups in total. The molecule has 1 aromatic rings. The molecule has 0 spiro atoms. The summed E-state index contributed by atoms with van der Waals surface area (Å²) in [7, 11) is 0. The van der Waals surface area contributed by atoms with Crippen LogP contribution >= 0.6 is 15.9 Å². The summed E-state index contributed by atoms with van der Waals surface area (Å²) in [5, 5.41) is 3.18. The summed E-state index contributed by atoms with van der Waals surface area (Å²) in [5.41, 5.74) is 2.87. The van der Waals surface area contributed by atoms with Gasteiger partial charge in [-0.1, -0.05) is 12.2 Å². The lowest BCUT2D eigenvalue weighted by Crippen LogP contribution is -2.03. The molecule has 0 fully saturated rings. The van der Waals surface area contributed by atoms with Crippen molar-refractivity contribution in [1.82, 2.24) is 0 Å². The van der Waals surface area contributed by atoms with Crippen LogP contribution in [0.4, 0.5) is 10.1 Å². The van der Waals surface area contributed by atoms with Gasteiger partial charge in [0.1, 0.15) is 5.82 Å². The van der Waals surface area contributed by atoms with E-state index in [0.29, 0.717) is 11.0 Å². The lowest BCUT2D eigenvalue weighted by Gasteiger charge is -2.10. The maximum absolute atomic E-state index is 13.1. The van der Waals surface area contributed by atoms with E-state index in [9.17, 15) is 4.39 Å². The zero-order valence-electron chi connectivity index (χ0n) is 8.32. The fourth-order valence-corrected chi connectivity index (χ4v) is 1.43. The summed E-state index contributed by atoms with van der Waals surface area (Å²) in [6.45, 7) is 8.32. The van der Waals surface area contributed by atoms with Gasteiger partial charge in [-0.05, 0) is 47.5 Å². The molecule has 76 valence electrons. The van der Waals surface area contributed by atoms with Crippen molar-refractivity contribution in [2.24, 2.45) is 0 Å². The van der Waals surface area contributed by atoms with Crippen molar-refractivity contribution in [2.75, 3.05) is 11.9 Å². The van der Waals surface area contributed by atoms with E-state index in [1.807, 2.05) is 13.8 Å². The molecule has 0 radical (unpaired) electrons. The van der Waals surface area contributed by atoms with Gasteiger partial charge in [-0.15, -0.1) is 0 Å². The van der Waals surface area contributed by atoms with Gasteiger partial charge in [-0.25, -0.2) is 4.39 Å². The number of anilines is 1. The van der Waals surface area contributed by atoms with E-state index in [-0.39, 0.29) is 5.82 Å². The van der Waals surface area contributed by atoms with Crippen LogP contribution in [0.25, 0.3) is 0 Å². The van der Waals surface area contributed by atoms with Gasteiger partial charge in [0.25, 0.3) is 0 Å². The quantitative estimate of drug-likeness (QED) is 0.811. The number of nitrogens with one attached hydrogen (secondary N) is 1. The van der Waals surface area contributed by atoms with Crippen LogP contribution in [0.15, 0.2) is 28.8 Å². The van der Waals surface area contributed by atoms with Gasteiger partial charge in [0.2, 0.25) is 0 Å². The minimum Gasteiger partial charge on any atom is -0.381 e. The van der Waals surface area contributed by atoms with Crippen LogP contribution in [0.5, 0.6) is 0 Å². The third-order valence-corrected chi connectivity index (χ3v) is 2.46. The van der Waals surface area contributed by atoms with E-state index in [1.54, 1.807) is 6.07 Å². The average Bonchev–Trinajstić information content (AvgIpc) is 2.09. The smallest absolute Gasteiger partial charge is 0.137 e. The molecule has 0 aromatic heterocycles. The summed E-state index contributed by atoms with van der Waals surface area (Å²) in [4.78, 5) is 0. The van der Waals surface area contributed by atoms with Crippen LogP contribution in [0.2, 0.25) is 0 Å². The van der Waals surface area contributed by atoms with Gasteiger partial charge in [0.05, 0.1) is 4.47 Å². The van der Waals surface area contributed by atoms with Crippen molar-refractivity contribution in [1.29, 1.82) is 0 Å². The molecule has 0 bridgehead atoms. The molecular weight excluding hydrogens is 245 g/mol. The lowest BCUT2D eigenvalue weighted by molar-refractivity contribution is 0.620. The van der Waals surface area contributed by atoms with Gasteiger partial charge in [-0.3, -0.25) is 0 Å². The summed E-state index contributed by atoms with van der Waals surface area (Å²) in [5.74, 6) is -0.233. The van der Waals surface area contributed by atoms with Crippen LogP contribution < -0.4 is 5.32 Å². The molecule has 0 atom stereocenters. The maximum atomic E-state index is 13.1. The Hall–Kier alpha value is -0.830. The first-order chi connectivity index (χ1) is 6.50. The fourth-order valence-electron chi connectivity index (χ4n) is 1.08. The molecule has 0 saturated heterocycles. The van der Waals surface area contributed by atoms with E-state index < -0.39 is 0 Å². The minimum absolute atomic E-state index is 0.233. The van der Waals surface area contributed by atoms with Crippen LogP contribution in [0.3, 0.4) is 0 Å². The highest BCUT2D eigenvalue weighted by molar-refractivity contribution is 9.10. The Morgan fingerprint density at radius 3 is 2.79 bits per heavy atom. The summed E-state index contributed by atoms with van der Waals surface area (Å²) >= 11 is 3.15. The number of halogens is 2.